The largest absolute Gasteiger partial charge is 0.573 e. The third-order valence-electron chi connectivity index (χ3n) is 3.41. The Bertz CT molecular complexity index is 897. The van der Waals surface area contributed by atoms with E-state index in [0.29, 0.717) is 21.5 Å². The van der Waals surface area contributed by atoms with Gasteiger partial charge in [-0.05, 0) is 24.3 Å². The van der Waals surface area contributed by atoms with Gasteiger partial charge in [0, 0.05) is 16.5 Å². The molecular weight excluding hydrogens is 343 g/mol. The van der Waals surface area contributed by atoms with Crippen LogP contribution in [0, 0.1) is 0 Å². The molecule has 2 aromatic carbocycles. The number of halogens is 4. The van der Waals surface area contributed by atoms with E-state index < -0.39 is 12.1 Å². The van der Waals surface area contributed by atoms with Crippen molar-refractivity contribution in [3.8, 4) is 17.0 Å². The van der Waals surface area contributed by atoms with E-state index in [4.69, 9.17) is 11.6 Å². The average molecular weight is 354 g/mol. The molecular formula is C17H11ClF3NO2. The zero-order valence-electron chi connectivity index (χ0n) is 12.1. The minimum Gasteiger partial charge on any atom is -0.405 e. The third kappa shape index (κ3) is 3.29. The Morgan fingerprint density at radius 2 is 1.83 bits per heavy atom. The monoisotopic (exact) mass is 353 g/mol. The number of benzene rings is 2. The lowest BCUT2D eigenvalue weighted by Crippen LogP contribution is -2.17. The van der Waals surface area contributed by atoms with Gasteiger partial charge in [-0.3, -0.25) is 0 Å². The number of hydrogen-bond donors (Lipinski definition) is 1. The second kappa shape index (κ2) is 6.30. The van der Waals surface area contributed by atoms with Gasteiger partial charge in [-0.25, -0.2) is 4.98 Å². The van der Waals surface area contributed by atoms with Crippen LogP contribution in [0.25, 0.3) is 22.2 Å². The highest BCUT2D eigenvalue weighted by Crippen LogP contribution is 2.36. The second-order valence-electron chi connectivity index (χ2n) is 5.01. The van der Waals surface area contributed by atoms with Crippen LogP contribution in [-0.4, -0.2) is 16.5 Å². The van der Waals surface area contributed by atoms with Crippen molar-refractivity contribution in [1.82, 2.24) is 4.98 Å². The van der Waals surface area contributed by atoms with Crippen LogP contribution in [0.15, 0.2) is 48.5 Å². The lowest BCUT2D eigenvalue weighted by molar-refractivity contribution is -0.274. The maximum atomic E-state index is 12.6. The molecule has 0 fully saturated rings. The number of aliphatic hydroxyl groups is 1. The predicted octanol–water partition coefficient (Wildman–Crippen LogP) is 4.95. The lowest BCUT2D eigenvalue weighted by atomic mass is 10.0. The highest BCUT2D eigenvalue weighted by Gasteiger charge is 2.32. The van der Waals surface area contributed by atoms with Crippen LogP contribution >= 0.6 is 11.6 Å². The number of pyridine rings is 1. The molecule has 3 rings (SSSR count). The van der Waals surface area contributed by atoms with Crippen LogP contribution in [0.5, 0.6) is 5.75 Å². The van der Waals surface area contributed by atoms with Gasteiger partial charge in [0.2, 0.25) is 0 Å². The molecule has 7 heteroatoms. The van der Waals surface area contributed by atoms with Crippen LogP contribution < -0.4 is 4.74 Å². The first-order valence-corrected chi connectivity index (χ1v) is 7.31. The van der Waals surface area contributed by atoms with Crippen LogP contribution in [0.4, 0.5) is 13.2 Å². The van der Waals surface area contributed by atoms with Crippen molar-refractivity contribution in [2.45, 2.75) is 13.0 Å². The molecule has 0 atom stereocenters. The molecule has 3 aromatic rings. The minimum atomic E-state index is -4.83. The van der Waals surface area contributed by atoms with Gasteiger partial charge in [-0.15, -0.1) is 13.2 Å². The van der Waals surface area contributed by atoms with E-state index in [1.807, 2.05) is 0 Å². The fourth-order valence-corrected chi connectivity index (χ4v) is 2.66. The third-order valence-corrected chi connectivity index (χ3v) is 3.72. The van der Waals surface area contributed by atoms with Crippen molar-refractivity contribution in [3.63, 3.8) is 0 Å². The number of aromatic nitrogens is 1. The fraction of sp³-hybridized carbons (Fsp3) is 0.118. The summed E-state index contributed by atoms with van der Waals surface area (Å²) in [4.78, 5) is 4.37. The maximum absolute atomic E-state index is 12.6. The summed E-state index contributed by atoms with van der Waals surface area (Å²) in [5, 5.41) is 10.6. The van der Waals surface area contributed by atoms with Crippen molar-refractivity contribution in [3.05, 3.63) is 59.1 Å². The molecule has 0 saturated carbocycles. The summed E-state index contributed by atoms with van der Waals surface area (Å²) < 4.78 is 41.9. The van der Waals surface area contributed by atoms with Gasteiger partial charge in [0.15, 0.2) is 0 Å². The number of fused-ring (bicyclic) bond motifs is 1. The van der Waals surface area contributed by atoms with Crippen molar-refractivity contribution < 1.29 is 23.0 Å². The summed E-state index contributed by atoms with van der Waals surface area (Å²) in [5.41, 5.74) is 1.13. The van der Waals surface area contributed by atoms with E-state index in [9.17, 15) is 18.3 Å². The summed E-state index contributed by atoms with van der Waals surface area (Å²) in [7, 11) is 0. The Morgan fingerprint density at radius 3 is 2.54 bits per heavy atom. The summed E-state index contributed by atoms with van der Waals surface area (Å²) in [6.45, 7) is -0.384. The van der Waals surface area contributed by atoms with Crippen LogP contribution in [0.3, 0.4) is 0 Å². The lowest BCUT2D eigenvalue weighted by Gasteiger charge is -2.15. The number of rotatable bonds is 3. The van der Waals surface area contributed by atoms with E-state index in [2.05, 4.69) is 9.72 Å². The van der Waals surface area contributed by atoms with E-state index >= 15 is 0 Å². The Hall–Kier alpha value is -2.31. The molecule has 0 bridgehead atoms. The molecule has 0 spiro atoms. The van der Waals surface area contributed by atoms with Crippen molar-refractivity contribution in [2.75, 3.05) is 0 Å². The Labute approximate surface area is 140 Å². The van der Waals surface area contributed by atoms with Crippen molar-refractivity contribution in [1.29, 1.82) is 0 Å². The molecule has 1 N–H and O–H groups in total. The normalized spacial score (nSPS) is 11.7. The van der Waals surface area contributed by atoms with Gasteiger partial charge in [-0.2, -0.15) is 0 Å². The molecule has 24 heavy (non-hydrogen) atoms. The van der Waals surface area contributed by atoms with E-state index in [-0.39, 0.29) is 17.9 Å². The van der Waals surface area contributed by atoms with Crippen LogP contribution in [0.2, 0.25) is 5.02 Å². The quantitative estimate of drug-likeness (QED) is 0.724. The zero-order valence-corrected chi connectivity index (χ0v) is 12.9. The SMILES string of the molecule is OCc1cc2cccc(Cl)c2nc1-c1ccccc1OC(F)(F)F. The second-order valence-corrected chi connectivity index (χ2v) is 5.42. The topological polar surface area (TPSA) is 42.4 Å². The number of para-hydroxylation sites is 2. The first-order chi connectivity index (χ1) is 11.4. The summed E-state index contributed by atoms with van der Waals surface area (Å²) in [6, 6.07) is 12.4. The average Bonchev–Trinajstić information content (AvgIpc) is 2.53. The summed E-state index contributed by atoms with van der Waals surface area (Å²) >= 11 is 6.12. The molecule has 124 valence electrons. The molecule has 0 radical (unpaired) electrons. The fourth-order valence-electron chi connectivity index (χ4n) is 2.44. The molecule has 0 saturated heterocycles. The maximum Gasteiger partial charge on any atom is 0.573 e. The smallest absolute Gasteiger partial charge is 0.405 e. The first kappa shape index (κ1) is 16.5. The molecule has 0 aliphatic heterocycles. The van der Waals surface area contributed by atoms with E-state index in [0.717, 1.165) is 0 Å². The molecule has 0 aliphatic rings. The molecule has 0 unspecified atom stereocenters. The molecule has 3 nitrogen and oxygen atoms in total. The summed E-state index contributed by atoms with van der Waals surface area (Å²) in [6.07, 6.45) is -4.83. The van der Waals surface area contributed by atoms with E-state index in [1.165, 1.54) is 18.2 Å². The van der Waals surface area contributed by atoms with Crippen LogP contribution in [-0.2, 0) is 6.61 Å². The Balaban J connectivity index is 2.24. The van der Waals surface area contributed by atoms with Gasteiger partial charge in [0.25, 0.3) is 0 Å². The predicted molar refractivity (Wildman–Crippen MR) is 84.8 cm³/mol. The highest BCUT2D eigenvalue weighted by atomic mass is 35.5. The van der Waals surface area contributed by atoms with Crippen molar-refractivity contribution in [2.24, 2.45) is 0 Å². The molecule has 0 amide bonds. The molecule has 1 heterocycles. The molecule has 0 aliphatic carbocycles. The first-order valence-electron chi connectivity index (χ1n) is 6.93. The number of nitrogens with zero attached hydrogens (tertiary/aromatic N) is 1. The highest BCUT2D eigenvalue weighted by molar-refractivity contribution is 6.35. The standard InChI is InChI=1S/C17H11ClF3NO2/c18-13-6-3-4-10-8-11(9-23)15(22-16(10)13)12-5-1-2-7-14(12)24-17(19,20)21/h1-8,23H,9H2. The van der Waals surface area contributed by atoms with Gasteiger partial charge in [0.05, 0.1) is 22.8 Å². The molecule has 1 aromatic heterocycles. The van der Waals surface area contributed by atoms with Gasteiger partial charge in [0.1, 0.15) is 5.75 Å². The van der Waals surface area contributed by atoms with Crippen molar-refractivity contribution >= 4 is 22.5 Å². The number of alkyl halides is 3. The minimum absolute atomic E-state index is 0.126. The van der Waals surface area contributed by atoms with Gasteiger partial charge in [-0.1, -0.05) is 35.9 Å². The van der Waals surface area contributed by atoms with E-state index in [1.54, 1.807) is 30.3 Å². The Morgan fingerprint density at radius 1 is 1.08 bits per heavy atom. The van der Waals surface area contributed by atoms with Crippen LogP contribution in [0.1, 0.15) is 5.56 Å². The summed E-state index contributed by atoms with van der Waals surface area (Å²) in [5.74, 6) is -0.390. The number of aliphatic hydroxyl groups excluding tert-OH is 1. The number of ether oxygens (including phenoxy) is 1. The Kier molecular flexibility index (Phi) is 4.34. The van der Waals surface area contributed by atoms with Gasteiger partial charge < -0.3 is 9.84 Å². The number of hydrogen-bond acceptors (Lipinski definition) is 3. The zero-order chi connectivity index (χ0) is 17.3. The van der Waals surface area contributed by atoms with Gasteiger partial charge >= 0.3 is 6.36 Å².